The van der Waals surface area contributed by atoms with Crippen molar-refractivity contribution in [2.45, 2.75) is 57.6 Å². The smallest absolute Gasteiger partial charge is 0.410 e. The summed E-state index contributed by atoms with van der Waals surface area (Å²) in [7, 11) is -3.61. The van der Waals surface area contributed by atoms with Crippen molar-refractivity contribution in [2.75, 3.05) is 24.4 Å². The molecule has 0 aliphatic carbocycles. The summed E-state index contributed by atoms with van der Waals surface area (Å²) in [4.78, 5) is 14.4. The van der Waals surface area contributed by atoms with Crippen LogP contribution in [0.1, 0.15) is 44.7 Å². The molecule has 1 aliphatic rings. The molecule has 0 spiro atoms. The third-order valence-electron chi connectivity index (χ3n) is 5.47. The number of aryl methyl sites for hydroxylation is 1. The summed E-state index contributed by atoms with van der Waals surface area (Å²) >= 11 is 0. The largest absolute Gasteiger partial charge is 0.444 e. The molecule has 7 nitrogen and oxygen atoms in total. The lowest BCUT2D eigenvalue weighted by atomic mass is 9.98. The van der Waals surface area contributed by atoms with Gasteiger partial charge >= 0.3 is 6.09 Å². The summed E-state index contributed by atoms with van der Waals surface area (Å²) < 4.78 is 33.2. The van der Waals surface area contributed by atoms with E-state index >= 15 is 0 Å². The van der Waals surface area contributed by atoms with Crippen LogP contribution in [-0.2, 0) is 21.3 Å². The number of hydrogen-bond acceptors (Lipinski definition) is 5. The predicted octanol–water partition coefficient (Wildman–Crippen LogP) is 4.53. The Hall–Kier alpha value is -2.58. The van der Waals surface area contributed by atoms with E-state index in [1.165, 1.54) is 0 Å². The summed E-state index contributed by atoms with van der Waals surface area (Å²) in [5.74, 6) is 0.381. The molecule has 1 amide bonds. The summed E-state index contributed by atoms with van der Waals surface area (Å²) in [5.41, 5.74) is 2.12. The van der Waals surface area contributed by atoms with E-state index in [2.05, 4.69) is 10.0 Å². The zero-order valence-electron chi connectivity index (χ0n) is 19.9. The molecule has 1 unspecified atom stereocenters. The zero-order chi connectivity index (χ0) is 24.1. The Balaban J connectivity index is 1.47. The molecule has 0 bridgehead atoms. The van der Waals surface area contributed by atoms with E-state index in [1.807, 2.05) is 39.8 Å². The average Bonchev–Trinajstić information content (AvgIpc) is 2.74. The van der Waals surface area contributed by atoms with E-state index in [4.69, 9.17) is 4.74 Å². The molecule has 8 heteroatoms. The Morgan fingerprint density at radius 1 is 1.09 bits per heavy atom. The third kappa shape index (κ3) is 7.75. The fourth-order valence-electron chi connectivity index (χ4n) is 3.77. The second-order valence-corrected chi connectivity index (χ2v) is 11.4. The highest BCUT2D eigenvalue weighted by Crippen LogP contribution is 2.20. The zero-order valence-corrected chi connectivity index (χ0v) is 20.7. The normalized spacial score (nSPS) is 17.0. The molecule has 1 saturated heterocycles. The molecule has 0 radical (unpaired) electrons. The molecule has 1 atom stereocenters. The number of piperidine rings is 1. The van der Waals surface area contributed by atoms with Crippen LogP contribution in [0.2, 0.25) is 0 Å². The van der Waals surface area contributed by atoms with Crippen molar-refractivity contribution in [1.29, 1.82) is 0 Å². The maximum atomic E-state index is 12.5. The number of hydrogen-bond donors (Lipinski definition) is 2. The molecule has 1 heterocycles. The second kappa shape index (κ2) is 10.6. The molecule has 33 heavy (non-hydrogen) atoms. The highest BCUT2D eigenvalue weighted by atomic mass is 32.2. The molecule has 2 aromatic carbocycles. The van der Waals surface area contributed by atoms with Crippen molar-refractivity contribution in [2.24, 2.45) is 5.92 Å². The molecule has 180 valence electrons. The minimum Gasteiger partial charge on any atom is -0.444 e. The number of ether oxygens (including phenoxy) is 1. The van der Waals surface area contributed by atoms with Gasteiger partial charge in [-0.2, -0.15) is 0 Å². The molecule has 0 saturated carbocycles. The van der Waals surface area contributed by atoms with Crippen LogP contribution in [0.15, 0.2) is 53.4 Å². The van der Waals surface area contributed by atoms with E-state index in [0.29, 0.717) is 24.7 Å². The van der Waals surface area contributed by atoms with E-state index in [0.717, 1.165) is 37.1 Å². The van der Waals surface area contributed by atoms with E-state index < -0.39 is 15.6 Å². The van der Waals surface area contributed by atoms with Crippen molar-refractivity contribution in [3.63, 3.8) is 0 Å². The van der Waals surface area contributed by atoms with E-state index in [9.17, 15) is 13.2 Å². The molecule has 1 aliphatic heterocycles. The van der Waals surface area contributed by atoms with Crippen LogP contribution in [0.25, 0.3) is 0 Å². The Bertz CT molecular complexity index is 1030. The molecular weight excluding hydrogens is 438 g/mol. The lowest BCUT2D eigenvalue weighted by Crippen LogP contribution is -2.44. The van der Waals surface area contributed by atoms with Crippen molar-refractivity contribution < 1.29 is 17.9 Å². The third-order valence-corrected chi connectivity index (χ3v) is 6.87. The molecule has 0 aromatic heterocycles. The van der Waals surface area contributed by atoms with Crippen molar-refractivity contribution >= 4 is 21.8 Å². The number of rotatable bonds is 7. The lowest BCUT2D eigenvalue weighted by molar-refractivity contribution is 0.0166. The first-order valence-electron chi connectivity index (χ1n) is 11.4. The quantitative estimate of drug-likeness (QED) is 0.617. The van der Waals surface area contributed by atoms with Crippen LogP contribution < -0.4 is 10.0 Å². The monoisotopic (exact) mass is 473 g/mol. The van der Waals surface area contributed by atoms with Gasteiger partial charge in [-0.05, 0) is 82.8 Å². The molecule has 2 aromatic rings. The first-order chi connectivity index (χ1) is 15.5. The molecule has 2 N–H and O–H groups in total. The topological polar surface area (TPSA) is 87.7 Å². The van der Waals surface area contributed by atoms with Crippen LogP contribution in [-0.4, -0.2) is 44.6 Å². The summed E-state index contributed by atoms with van der Waals surface area (Å²) in [6.07, 6.45) is 1.81. The molecule has 3 rings (SSSR count). The number of anilines is 1. The van der Waals surface area contributed by atoms with Gasteiger partial charge in [-0.25, -0.2) is 13.2 Å². The Kier molecular flexibility index (Phi) is 8.02. The van der Waals surface area contributed by atoms with Crippen LogP contribution in [0.4, 0.5) is 10.5 Å². The van der Waals surface area contributed by atoms with Gasteiger partial charge < -0.3 is 15.0 Å². The maximum absolute atomic E-state index is 12.5. The summed E-state index contributed by atoms with van der Waals surface area (Å²) in [5, 5.41) is 3.46. The van der Waals surface area contributed by atoms with Gasteiger partial charge in [-0.1, -0.05) is 29.8 Å². The van der Waals surface area contributed by atoms with Crippen LogP contribution >= 0.6 is 0 Å². The van der Waals surface area contributed by atoms with Crippen LogP contribution in [0.3, 0.4) is 0 Å². The van der Waals surface area contributed by atoms with E-state index in [1.54, 1.807) is 41.3 Å². The van der Waals surface area contributed by atoms with Crippen molar-refractivity contribution in [1.82, 2.24) is 10.2 Å². The minimum absolute atomic E-state index is 0.240. The Labute approximate surface area is 197 Å². The highest BCUT2D eigenvalue weighted by Gasteiger charge is 2.27. The molecular formula is C25H35N3O4S. The van der Waals surface area contributed by atoms with Gasteiger partial charge in [0.2, 0.25) is 0 Å². The van der Waals surface area contributed by atoms with Gasteiger partial charge in [0, 0.05) is 25.3 Å². The van der Waals surface area contributed by atoms with Crippen LogP contribution in [0.5, 0.6) is 0 Å². The number of nitrogens with one attached hydrogen (secondary N) is 2. The van der Waals surface area contributed by atoms with Gasteiger partial charge in [0.05, 0.1) is 4.90 Å². The number of amides is 1. The van der Waals surface area contributed by atoms with Gasteiger partial charge in [0.1, 0.15) is 5.60 Å². The standard InChI is InChI=1S/C25H35N3O4S/c1-19-7-13-23(14-8-19)33(30,31)27-22-11-9-20(10-12-22)16-26-17-21-6-5-15-28(18-21)24(29)32-25(2,3)4/h7-14,21,26-27H,5-6,15-18H2,1-4H3. The maximum Gasteiger partial charge on any atom is 0.410 e. The first-order valence-corrected chi connectivity index (χ1v) is 12.9. The SMILES string of the molecule is Cc1ccc(S(=O)(=O)Nc2ccc(CNCC3CCCN(C(=O)OC(C)(C)C)C3)cc2)cc1. The van der Waals surface area contributed by atoms with Gasteiger partial charge in [-0.3, -0.25) is 4.72 Å². The number of carbonyl (C=O) groups is 1. The second-order valence-electron chi connectivity index (χ2n) is 9.68. The van der Waals surface area contributed by atoms with Gasteiger partial charge in [0.25, 0.3) is 10.0 Å². The lowest BCUT2D eigenvalue weighted by Gasteiger charge is -2.34. The summed E-state index contributed by atoms with van der Waals surface area (Å²) in [6.45, 7) is 10.5. The highest BCUT2D eigenvalue weighted by molar-refractivity contribution is 7.92. The number of likely N-dealkylation sites (tertiary alicyclic amines) is 1. The average molecular weight is 474 g/mol. The minimum atomic E-state index is -3.61. The number of carbonyl (C=O) groups excluding carboxylic acids is 1. The Morgan fingerprint density at radius 2 is 1.76 bits per heavy atom. The van der Waals surface area contributed by atoms with Crippen LogP contribution in [0, 0.1) is 12.8 Å². The predicted molar refractivity (Wildman–Crippen MR) is 131 cm³/mol. The van der Waals surface area contributed by atoms with E-state index in [-0.39, 0.29) is 11.0 Å². The fourth-order valence-corrected chi connectivity index (χ4v) is 4.83. The van der Waals surface area contributed by atoms with Crippen molar-refractivity contribution in [3.05, 3.63) is 59.7 Å². The number of benzene rings is 2. The summed E-state index contributed by atoms with van der Waals surface area (Å²) in [6, 6.07) is 14.1. The van der Waals surface area contributed by atoms with Gasteiger partial charge in [0.15, 0.2) is 0 Å². The molecule has 1 fully saturated rings. The van der Waals surface area contributed by atoms with Crippen molar-refractivity contribution in [3.8, 4) is 0 Å². The van der Waals surface area contributed by atoms with Gasteiger partial charge in [-0.15, -0.1) is 0 Å². The first kappa shape index (κ1) is 25.1. The number of sulfonamides is 1. The fraction of sp³-hybridized carbons (Fsp3) is 0.480. The Morgan fingerprint density at radius 3 is 2.39 bits per heavy atom. The number of nitrogens with zero attached hydrogens (tertiary/aromatic N) is 1.